The maximum atomic E-state index is 13.0. The molecule has 0 atom stereocenters. The van der Waals surface area contributed by atoms with Gasteiger partial charge in [0, 0.05) is 30.3 Å². The first-order chi connectivity index (χ1) is 15.6. The summed E-state index contributed by atoms with van der Waals surface area (Å²) in [5, 5.41) is 3.45. The van der Waals surface area contributed by atoms with Crippen LogP contribution < -0.4 is 20.3 Å². The van der Waals surface area contributed by atoms with Crippen molar-refractivity contribution in [1.82, 2.24) is 9.55 Å². The number of aryl methyl sites for hydroxylation is 1. The first-order valence-electron chi connectivity index (χ1n) is 11.3. The maximum absolute atomic E-state index is 13.0. The zero-order valence-corrected chi connectivity index (χ0v) is 18.6. The molecule has 0 saturated heterocycles. The summed E-state index contributed by atoms with van der Waals surface area (Å²) in [6, 6.07) is 10.4. The smallest absolute Gasteiger partial charge is 0.261 e. The number of ether oxygens (including phenoxy) is 2. The summed E-state index contributed by atoms with van der Waals surface area (Å²) in [5.74, 6) is 1.76. The normalized spacial score (nSPS) is 13.7. The number of aromatic nitrogens is 2. The zero-order chi connectivity index (χ0) is 22.5. The largest absolute Gasteiger partial charge is 0.490 e. The van der Waals surface area contributed by atoms with E-state index in [0.29, 0.717) is 53.4 Å². The van der Waals surface area contributed by atoms with Crippen molar-refractivity contribution < 1.29 is 14.3 Å². The van der Waals surface area contributed by atoms with Crippen molar-refractivity contribution in [2.75, 3.05) is 18.5 Å². The van der Waals surface area contributed by atoms with Gasteiger partial charge in [-0.2, -0.15) is 0 Å². The van der Waals surface area contributed by atoms with E-state index < -0.39 is 0 Å². The van der Waals surface area contributed by atoms with Crippen LogP contribution in [-0.4, -0.2) is 28.7 Å². The number of anilines is 1. The molecule has 7 heteroatoms. The Balaban J connectivity index is 1.62. The van der Waals surface area contributed by atoms with Crippen molar-refractivity contribution in [1.29, 1.82) is 0 Å². The van der Waals surface area contributed by atoms with Gasteiger partial charge in [0.2, 0.25) is 0 Å². The van der Waals surface area contributed by atoms with Crippen molar-refractivity contribution in [3.05, 3.63) is 58.1 Å². The molecule has 0 aliphatic carbocycles. The van der Waals surface area contributed by atoms with E-state index >= 15 is 0 Å². The summed E-state index contributed by atoms with van der Waals surface area (Å²) in [7, 11) is 0. The second kappa shape index (κ2) is 9.85. The van der Waals surface area contributed by atoms with Crippen LogP contribution in [0.15, 0.2) is 41.2 Å². The van der Waals surface area contributed by atoms with Crippen molar-refractivity contribution in [3.8, 4) is 11.5 Å². The summed E-state index contributed by atoms with van der Waals surface area (Å²) in [6.45, 7) is 5.53. The SMILES string of the molecule is CCOc1ccc(NC(=O)c2ccc3c(=O)n4c(nc3c2)CCCCCC4)cc1OCC. The van der Waals surface area contributed by atoms with E-state index in [1.807, 2.05) is 13.8 Å². The number of nitrogens with one attached hydrogen (secondary N) is 1. The Morgan fingerprint density at radius 1 is 1.00 bits per heavy atom. The van der Waals surface area contributed by atoms with Gasteiger partial charge >= 0.3 is 0 Å². The fraction of sp³-hybridized carbons (Fsp3) is 0.400. The third kappa shape index (κ3) is 4.61. The minimum atomic E-state index is -0.271. The number of fused-ring (bicyclic) bond motifs is 2. The Morgan fingerprint density at radius 2 is 1.78 bits per heavy atom. The highest BCUT2D eigenvalue weighted by atomic mass is 16.5. The van der Waals surface area contributed by atoms with Gasteiger partial charge in [0.05, 0.1) is 24.1 Å². The molecule has 0 radical (unpaired) electrons. The number of benzene rings is 2. The van der Waals surface area contributed by atoms with Crippen LogP contribution in [0.25, 0.3) is 10.9 Å². The molecule has 1 aromatic heterocycles. The monoisotopic (exact) mass is 435 g/mol. The van der Waals surface area contributed by atoms with Crippen LogP contribution in [0.5, 0.6) is 11.5 Å². The molecular formula is C25H29N3O4. The Labute approximate surface area is 187 Å². The first kappa shape index (κ1) is 21.9. The number of hydrogen-bond acceptors (Lipinski definition) is 5. The van der Waals surface area contributed by atoms with Crippen LogP contribution in [0.3, 0.4) is 0 Å². The number of carbonyl (C=O) groups excluding carboxylic acids is 1. The molecular weight excluding hydrogens is 406 g/mol. The summed E-state index contributed by atoms with van der Waals surface area (Å²) >= 11 is 0. The number of rotatable bonds is 6. The number of hydrogen-bond donors (Lipinski definition) is 1. The summed E-state index contributed by atoms with van der Waals surface area (Å²) in [5.41, 5.74) is 1.60. The molecule has 1 amide bonds. The predicted molar refractivity (Wildman–Crippen MR) is 125 cm³/mol. The van der Waals surface area contributed by atoms with Gasteiger partial charge in [-0.05, 0) is 57.0 Å². The average molecular weight is 436 g/mol. The molecule has 3 aromatic rings. The third-order valence-electron chi connectivity index (χ3n) is 5.63. The highest BCUT2D eigenvalue weighted by Crippen LogP contribution is 2.31. The molecule has 4 rings (SSSR count). The standard InChI is InChI=1S/C25H29N3O4/c1-3-31-21-13-11-18(16-22(21)32-4-2)26-24(29)17-10-12-19-20(15-17)27-23-9-7-5-6-8-14-28(23)25(19)30/h10-13,15-16H,3-9,14H2,1-2H3,(H,26,29). The lowest BCUT2D eigenvalue weighted by Crippen LogP contribution is -2.26. The van der Waals surface area contributed by atoms with Gasteiger partial charge < -0.3 is 14.8 Å². The number of amides is 1. The Bertz CT molecular complexity index is 1190. The predicted octanol–water partition coefficient (Wildman–Crippen LogP) is 4.56. The summed E-state index contributed by atoms with van der Waals surface area (Å²) in [6.07, 6.45) is 5.10. The van der Waals surface area contributed by atoms with Crippen molar-refractivity contribution in [3.63, 3.8) is 0 Å². The van der Waals surface area contributed by atoms with E-state index in [0.717, 1.165) is 37.9 Å². The highest BCUT2D eigenvalue weighted by Gasteiger charge is 2.15. The van der Waals surface area contributed by atoms with Gasteiger partial charge in [-0.15, -0.1) is 0 Å². The van der Waals surface area contributed by atoms with Gasteiger partial charge in [0.25, 0.3) is 11.5 Å². The van der Waals surface area contributed by atoms with Crippen LogP contribution in [0, 0.1) is 0 Å². The molecule has 1 aliphatic rings. The van der Waals surface area contributed by atoms with E-state index in [1.165, 1.54) is 0 Å². The molecule has 1 N–H and O–H groups in total. The molecule has 0 bridgehead atoms. The van der Waals surface area contributed by atoms with Gasteiger partial charge in [0.15, 0.2) is 11.5 Å². The van der Waals surface area contributed by atoms with E-state index in [2.05, 4.69) is 5.32 Å². The topological polar surface area (TPSA) is 82.5 Å². The second-order valence-corrected chi connectivity index (χ2v) is 7.86. The van der Waals surface area contributed by atoms with Gasteiger partial charge in [0.1, 0.15) is 5.82 Å². The number of nitrogens with zero attached hydrogens (tertiary/aromatic N) is 2. The fourth-order valence-corrected chi connectivity index (χ4v) is 4.07. The highest BCUT2D eigenvalue weighted by molar-refractivity contribution is 6.06. The summed E-state index contributed by atoms with van der Waals surface area (Å²) in [4.78, 5) is 30.7. The molecule has 7 nitrogen and oxygen atoms in total. The van der Waals surface area contributed by atoms with Gasteiger partial charge in [-0.3, -0.25) is 14.2 Å². The van der Waals surface area contributed by atoms with E-state index in [9.17, 15) is 9.59 Å². The lowest BCUT2D eigenvalue weighted by atomic mass is 10.1. The van der Waals surface area contributed by atoms with Crippen LogP contribution in [0.1, 0.15) is 55.7 Å². The van der Waals surface area contributed by atoms with Crippen LogP contribution >= 0.6 is 0 Å². The molecule has 0 unspecified atom stereocenters. The van der Waals surface area contributed by atoms with E-state index in [1.54, 1.807) is 41.0 Å². The van der Waals surface area contributed by atoms with Gasteiger partial charge in [-0.1, -0.05) is 12.8 Å². The van der Waals surface area contributed by atoms with Crippen molar-refractivity contribution >= 4 is 22.5 Å². The number of carbonyl (C=O) groups is 1. The van der Waals surface area contributed by atoms with Crippen molar-refractivity contribution in [2.45, 2.75) is 52.5 Å². The molecule has 32 heavy (non-hydrogen) atoms. The lowest BCUT2D eigenvalue weighted by Gasteiger charge is -2.16. The fourth-order valence-electron chi connectivity index (χ4n) is 4.07. The third-order valence-corrected chi connectivity index (χ3v) is 5.63. The minimum absolute atomic E-state index is 0.0215. The maximum Gasteiger partial charge on any atom is 0.261 e. The summed E-state index contributed by atoms with van der Waals surface area (Å²) < 4.78 is 13.0. The van der Waals surface area contributed by atoms with Crippen LogP contribution in [-0.2, 0) is 13.0 Å². The molecule has 1 aliphatic heterocycles. The lowest BCUT2D eigenvalue weighted by molar-refractivity contribution is 0.102. The Hall–Kier alpha value is -3.35. The minimum Gasteiger partial charge on any atom is -0.490 e. The van der Waals surface area contributed by atoms with Gasteiger partial charge in [-0.25, -0.2) is 4.98 Å². The van der Waals surface area contributed by atoms with Crippen LogP contribution in [0.4, 0.5) is 5.69 Å². The molecule has 0 saturated carbocycles. The molecule has 0 spiro atoms. The van der Waals surface area contributed by atoms with Crippen molar-refractivity contribution in [2.24, 2.45) is 0 Å². The average Bonchev–Trinajstić information content (AvgIpc) is 2.77. The van der Waals surface area contributed by atoms with E-state index in [4.69, 9.17) is 14.5 Å². The second-order valence-electron chi connectivity index (χ2n) is 7.86. The van der Waals surface area contributed by atoms with Crippen LogP contribution in [0.2, 0.25) is 0 Å². The molecule has 2 aromatic carbocycles. The Morgan fingerprint density at radius 3 is 2.59 bits per heavy atom. The first-order valence-corrected chi connectivity index (χ1v) is 11.3. The molecule has 0 fully saturated rings. The molecule has 2 heterocycles. The van der Waals surface area contributed by atoms with E-state index in [-0.39, 0.29) is 11.5 Å². The quantitative estimate of drug-likeness (QED) is 0.614. The zero-order valence-electron chi connectivity index (χ0n) is 18.6. The molecule has 168 valence electrons. The Kier molecular flexibility index (Phi) is 6.73.